The highest BCUT2D eigenvalue weighted by molar-refractivity contribution is 5.73. The molecular weight excluding hydrogens is 444 g/mol. The second kappa shape index (κ2) is 11.6. The van der Waals surface area contributed by atoms with Gasteiger partial charge in [0.25, 0.3) is 0 Å². The van der Waals surface area contributed by atoms with Crippen molar-refractivity contribution in [1.29, 1.82) is 0 Å². The molecule has 0 aliphatic carbocycles. The van der Waals surface area contributed by atoms with Crippen LogP contribution in [0.2, 0.25) is 0 Å². The van der Waals surface area contributed by atoms with Gasteiger partial charge in [-0.15, -0.1) is 0 Å². The van der Waals surface area contributed by atoms with Crippen LogP contribution in [-0.2, 0) is 38.1 Å². The Morgan fingerprint density at radius 1 is 1.06 bits per heavy atom. The van der Waals surface area contributed by atoms with Gasteiger partial charge in [-0.3, -0.25) is 19.2 Å². The van der Waals surface area contributed by atoms with E-state index in [0.29, 0.717) is 0 Å². The number of hydrogen-bond acceptors (Lipinski definition) is 11. The molecular formula is C20H26N2O11. The number of nitrogens with one attached hydrogen (secondary N) is 2. The molecule has 0 radical (unpaired) electrons. The Labute approximate surface area is 189 Å². The summed E-state index contributed by atoms with van der Waals surface area (Å²) >= 11 is 0. The van der Waals surface area contributed by atoms with E-state index in [1.165, 1.54) is 38.1 Å². The summed E-state index contributed by atoms with van der Waals surface area (Å²) in [6.45, 7) is 4.24. The smallest absolute Gasteiger partial charge is 0.303 e. The number of esters is 3. The van der Waals surface area contributed by atoms with Crippen molar-refractivity contribution < 1.29 is 53.3 Å². The first-order valence-electron chi connectivity index (χ1n) is 9.88. The number of quaternary nitrogens is 1. The second-order valence-corrected chi connectivity index (χ2v) is 7.17. The first-order valence-corrected chi connectivity index (χ1v) is 9.88. The summed E-state index contributed by atoms with van der Waals surface area (Å²) in [5.74, 6) is -2.57. The molecule has 1 heterocycles. The van der Waals surface area contributed by atoms with Crippen molar-refractivity contribution in [1.82, 2.24) is 5.32 Å². The van der Waals surface area contributed by atoms with Gasteiger partial charge in [-0.2, -0.15) is 5.23 Å². The molecule has 1 aliphatic rings. The normalized spacial score (nSPS) is 25.3. The summed E-state index contributed by atoms with van der Waals surface area (Å²) in [7, 11) is 0. The van der Waals surface area contributed by atoms with Crippen molar-refractivity contribution in [2.24, 2.45) is 0 Å². The van der Waals surface area contributed by atoms with E-state index in [1.807, 2.05) is 0 Å². The standard InChI is InChI=1S/C20H26N2O11/c1-10(23)21-17-19(31-13(4)26)18(30-12(3)25)16(9-29-11(2)24)33-20(17)32-15-7-5-6-14(8-15)22(27)28/h5-8,16-20,22,27H,9H2,1-4H3,(H,21,23). The van der Waals surface area contributed by atoms with Gasteiger partial charge in [0, 0.05) is 39.8 Å². The Morgan fingerprint density at radius 2 is 1.70 bits per heavy atom. The first-order chi connectivity index (χ1) is 15.5. The SMILES string of the molecule is CC(=O)NC1C(Oc2cccc([NH+]([O-])O)c2)OC(COC(C)=O)C(OC(C)=O)C1OC(C)=O. The zero-order valence-corrected chi connectivity index (χ0v) is 18.4. The van der Waals surface area contributed by atoms with Gasteiger partial charge in [-0.25, -0.2) is 5.21 Å². The highest BCUT2D eigenvalue weighted by atomic mass is 16.8. The van der Waals surface area contributed by atoms with Crippen molar-refractivity contribution in [3.8, 4) is 5.75 Å². The summed E-state index contributed by atoms with van der Waals surface area (Å²) < 4.78 is 27.3. The molecule has 33 heavy (non-hydrogen) atoms. The predicted molar refractivity (Wildman–Crippen MR) is 107 cm³/mol. The van der Waals surface area contributed by atoms with Gasteiger partial charge in [0.2, 0.25) is 12.2 Å². The number of hydrogen-bond donors (Lipinski definition) is 3. The molecule has 6 unspecified atom stereocenters. The van der Waals surface area contributed by atoms with E-state index < -0.39 is 59.7 Å². The molecule has 13 nitrogen and oxygen atoms in total. The quantitative estimate of drug-likeness (QED) is 0.245. The summed E-state index contributed by atoms with van der Waals surface area (Å²) in [5, 5.41) is 21.8. The second-order valence-electron chi connectivity index (χ2n) is 7.17. The predicted octanol–water partition coefficient (Wildman–Crippen LogP) is -0.875. The fourth-order valence-corrected chi connectivity index (χ4v) is 3.23. The average molecular weight is 470 g/mol. The van der Waals surface area contributed by atoms with Crippen molar-refractivity contribution in [3.05, 3.63) is 29.5 Å². The number of benzene rings is 1. The molecule has 0 saturated carbocycles. The lowest BCUT2D eigenvalue weighted by atomic mass is 9.96. The molecule has 1 aromatic carbocycles. The van der Waals surface area contributed by atoms with Crippen molar-refractivity contribution in [3.63, 3.8) is 0 Å². The van der Waals surface area contributed by atoms with Crippen LogP contribution in [0.25, 0.3) is 0 Å². The molecule has 1 amide bonds. The molecule has 6 atom stereocenters. The summed E-state index contributed by atoms with van der Waals surface area (Å²) in [4.78, 5) is 46.8. The van der Waals surface area contributed by atoms with Crippen LogP contribution in [-0.4, -0.2) is 66.3 Å². The van der Waals surface area contributed by atoms with Gasteiger partial charge in [0.15, 0.2) is 17.9 Å². The Morgan fingerprint density at radius 3 is 2.24 bits per heavy atom. The molecule has 1 fully saturated rings. The van der Waals surface area contributed by atoms with Gasteiger partial charge in [0.1, 0.15) is 24.5 Å². The third-order valence-corrected chi connectivity index (χ3v) is 4.40. The van der Waals surface area contributed by atoms with E-state index in [1.54, 1.807) is 0 Å². The number of rotatable bonds is 8. The lowest BCUT2D eigenvalue weighted by Crippen LogP contribution is -2.99. The highest BCUT2D eigenvalue weighted by Crippen LogP contribution is 2.29. The Kier molecular flexibility index (Phi) is 9.11. The summed E-state index contributed by atoms with van der Waals surface area (Å²) in [6.07, 6.45) is -5.01. The topological polar surface area (TPSA) is 174 Å². The van der Waals surface area contributed by atoms with Gasteiger partial charge >= 0.3 is 17.9 Å². The molecule has 0 bridgehead atoms. The van der Waals surface area contributed by atoms with Crippen molar-refractivity contribution in [2.75, 3.05) is 6.61 Å². The Balaban J connectivity index is 2.46. The summed E-state index contributed by atoms with van der Waals surface area (Å²) in [6, 6.07) is 4.32. The molecule has 182 valence electrons. The Bertz CT molecular complexity index is 875. The molecule has 1 aliphatic heterocycles. The fourth-order valence-electron chi connectivity index (χ4n) is 3.23. The van der Waals surface area contributed by atoms with Crippen LogP contribution in [0.5, 0.6) is 5.75 Å². The lowest BCUT2D eigenvalue weighted by molar-refractivity contribution is -0.991. The maximum Gasteiger partial charge on any atom is 0.303 e. The first kappa shape index (κ1) is 26.0. The third-order valence-electron chi connectivity index (χ3n) is 4.40. The molecule has 2 rings (SSSR count). The molecule has 0 spiro atoms. The number of amides is 1. The van der Waals surface area contributed by atoms with Crippen molar-refractivity contribution in [2.45, 2.75) is 58.3 Å². The zero-order chi connectivity index (χ0) is 24.7. The molecule has 1 saturated heterocycles. The van der Waals surface area contributed by atoms with Crippen LogP contribution in [0, 0.1) is 5.21 Å². The maximum absolute atomic E-state index is 11.9. The monoisotopic (exact) mass is 470 g/mol. The van der Waals surface area contributed by atoms with Crippen LogP contribution in [0.15, 0.2) is 24.3 Å². The molecule has 0 aromatic heterocycles. The van der Waals surface area contributed by atoms with Gasteiger partial charge < -0.3 is 34.2 Å². The van der Waals surface area contributed by atoms with E-state index in [9.17, 15) is 29.6 Å². The number of carbonyl (C=O) groups is 4. The van der Waals surface area contributed by atoms with Gasteiger partial charge in [0.05, 0.1) is 0 Å². The molecule has 1 aromatic rings. The van der Waals surface area contributed by atoms with Gasteiger partial charge in [-0.05, 0) is 6.07 Å². The van der Waals surface area contributed by atoms with Gasteiger partial charge in [-0.1, -0.05) is 6.07 Å². The summed E-state index contributed by atoms with van der Waals surface area (Å²) in [5.41, 5.74) is -0.0647. The van der Waals surface area contributed by atoms with Crippen molar-refractivity contribution >= 4 is 29.5 Å². The maximum atomic E-state index is 11.9. The lowest BCUT2D eigenvalue weighted by Gasteiger charge is -2.44. The fraction of sp³-hybridized carbons (Fsp3) is 0.500. The minimum absolute atomic E-state index is 0.0647. The zero-order valence-electron chi connectivity index (χ0n) is 18.4. The van der Waals surface area contributed by atoms with Crippen LogP contribution in [0.3, 0.4) is 0 Å². The number of ether oxygens (including phenoxy) is 5. The van der Waals surface area contributed by atoms with Crippen LogP contribution >= 0.6 is 0 Å². The van der Waals surface area contributed by atoms with E-state index in [4.69, 9.17) is 23.7 Å². The molecule has 3 N–H and O–H groups in total. The number of carbonyl (C=O) groups excluding carboxylic acids is 4. The largest absolute Gasteiger partial charge is 0.595 e. The van der Waals surface area contributed by atoms with E-state index in [0.717, 1.165) is 13.8 Å². The highest BCUT2D eigenvalue weighted by Gasteiger charge is 2.52. The third kappa shape index (κ3) is 7.68. The van der Waals surface area contributed by atoms with E-state index in [2.05, 4.69) is 5.32 Å². The van der Waals surface area contributed by atoms with Crippen LogP contribution in [0.1, 0.15) is 27.7 Å². The minimum Gasteiger partial charge on any atom is -0.595 e. The van der Waals surface area contributed by atoms with Crippen LogP contribution < -0.4 is 15.3 Å². The van der Waals surface area contributed by atoms with E-state index in [-0.39, 0.29) is 18.0 Å². The van der Waals surface area contributed by atoms with E-state index >= 15 is 0 Å². The minimum atomic E-state index is -1.34. The molecule has 13 heteroatoms. The average Bonchev–Trinajstić information content (AvgIpc) is 2.70. The Hall–Kier alpha value is -3.26. The van der Waals surface area contributed by atoms with Crippen LogP contribution in [0.4, 0.5) is 5.69 Å².